The van der Waals surface area contributed by atoms with E-state index in [9.17, 15) is 8.42 Å². The molecule has 0 amide bonds. The molecule has 1 aliphatic rings. The third-order valence-electron chi connectivity index (χ3n) is 4.46. The van der Waals surface area contributed by atoms with Crippen LogP contribution in [0.1, 0.15) is 44.0 Å². The summed E-state index contributed by atoms with van der Waals surface area (Å²) in [4.78, 5) is 4.73. The first-order chi connectivity index (χ1) is 11.0. The van der Waals surface area contributed by atoms with Crippen molar-refractivity contribution in [3.8, 4) is 0 Å². The fraction of sp³-hybridized carbons (Fsp3) is 0.588. The van der Waals surface area contributed by atoms with Gasteiger partial charge in [0.05, 0.1) is 21.0 Å². The molecule has 0 bridgehead atoms. The van der Waals surface area contributed by atoms with E-state index >= 15 is 0 Å². The highest BCUT2D eigenvalue weighted by atomic mass is 32.2. The van der Waals surface area contributed by atoms with Gasteiger partial charge in [0, 0.05) is 19.0 Å². The molecule has 2 aromatic rings. The molecule has 1 saturated heterocycles. The maximum absolute atomic E-state index is 12.4. The van der Waals surface area contributed by atoms with E-state index in [1.807, 2.05) is 18.2 Å². The molecule has 1 aromatic carbocycles. The van der Waals surface area contributed by atoms with E-state index in [4.69, 9.17) is 4.98 Å². The molecule has 0 saturated carbocycles. The van der Waals surface area contributed by atoms with E-state index in [1.54, 1.807) is 15.6 Å². The molecule has 0 radical (unpaired) electrons. The van der Waals surface area contributed by atoms with Gasteiger partial charge in [-0.05, 0) is 37.3 Å². The number of rotatable bonds is 5. The molecule has 0 spiro atoms. The lowest BCUT2D eigenvalue weighted by molar-refractivity contribution is 0.318. The molecule has 0 atom stereocenters. The highest BCUT2D eigenvalue weighted by Gasteiger charge is 2.29. The Bertz CT molecular complexity index is 727. The van der Waals surface area contributed by atoms with Crippen LogP contribution in [0.25, 0.3) is 10.2 Å². The van der Waals surface area contributed by atoms with Crippen LogP contribution in [0.5, 0.6) is 0 Å². The minimum atomic E-state index is -3.09. The molecule has 0 N–H and O–H groups in total. The summed E-state index contributed by atoms with van der Waals surface area (Å²) in [6.45, 7) is 5.38. The standard InChI is InChI=1S/C17H24N2O2S2/c1-13(2)9-12-23(20,21)19-10-7-14(8-11-19)17-18-15-5-3-4-6-16(15)22-17/h3-6,13-14H,7-12H2,1-2H3. The van der Waals surface area contributed by atoms with Crippen molar-refractivity contribution < 1.29 is 8.42 Å². The number of sulfonamides is 1. The fourth-order valence-corrected chi connectivity index (χ4v) is 5.89. The Morgan fingerprint density at radius 3 is 2.61 bits per heavy atom. The third-order valence-corrected chi connectivity index (χ3v) is 7.56. The molecule has 0 aliphatic carbocycles. The number of hydrogen-bond donors (Lipinski definition) is 0. The van der Waals surface area contributed by atoms with Gasteiger partial charge >= 0.3 is 0 Å². The van der Waals surface area contributed by atoms with E-state index < -0.39 is 10.0 Å². The number of aromatic nitrogens is 1. The number of nitrogens with zero attached hydrogens (tertiary/aromatic N) is 2. The van der Waals surface area contributed by atoms with Gasteiger partial charge in [0.2, 0.25) is 10.0 Å². The Hall–Kier alpha value is -0.980. The fourth-order valence-electron chi connectivity index (χ4n) is 2.96. The van der Waals surface area contributed by atoms with Crippen molar-refractivity contribution >= 4 is 31.6 Å². The minimum Gasteiger partial charge on any atom is -0.241 e. The van der Waals surface area contributed by atoms with Crippen LogP contribution in [0.4, 0.5) is 0 Å². The predicted molar refractivity (Wildman–Crippen MR) is 96.4 cm³/mol. The summed E-state index contributed by atoms with van der Waals surface area (Å²) in [5, 5.41) is 1.16. The molecule has 6 heteroatoms. The lowest BCUT2D eigenvalue weighted by atomic mass is 9.99. The van der Waals surface area contributed by atoms with Gasteiger partial charge in [-0.2, -0.15) is 0 Å². The van der Waals surface area contributed by atoms with Gasteiger partial charge < -0.3 is 0 Å². The van der Waals surface area contributed by atoms with Crippen LogP contribution in [-0.2, 0) is 10.0 Å². The second-order valence-electron chi connectivity index (χ2n) is 6.69. The first-order valence-electron chi connectivity index (χ1n) is 8.29. The van der Waals surface area contributed by atoms with Gasteiger partial charge in [-0.1, -0.05) is 26.0 Å². The second-order valence-corrected chi connectivity index (χ2v) is 9.84. The molecule has 1 fully saturated rings. The molecular formula is C17H24N2O2S2. The highest BCUT2D eigenvalue weighted by Crippen LogP contribution is 2.34. The Kier molecular flexibility index (Phi) is 5.04. The van der Waals surface area contributed by atoms with Gasteiger partial charge in [0.15, 0.2) is 0 Å². The largest absolute Gasteiger partial charge is 0.241 e. The van der Waals surface area contributed by atoms with Crippen molar-refractivity contribution in [2.24, 2.45) is 5.92 Å². The van der Waals surface area contributed by atoms with Crippen LogP contribution in [-0.4, -0.2) is 36.5 Å². The molecule has 126 valence electrons. The lowest BCUT2D eigenvalue weighted by Crippen LogP contribution is -2.39. The van der Waals surface area contributed by atoms with Crippen molar-refractivity contribution in [3.05, 3.63) is 29.3 Å². The smallest absolute Gasteiger partial charge is 0.214 e. The summed E-state index contributed by atoms with van der Waals surface area (Å²) in [6.07, 6.45) is 2.49. The number of fused-ring (bicyclic) bond motifs is 1. The highest BCUT2D eigenvalue weighted by molar-refractivity contribution is 7.89. The summed E-state index contributed by atoms with van der Waals surface area (Å²) in [5.74, 6) is 1.09. The summed E-state index contributed by atoms with van der Waals surface area (Å²) < 4.78 is 27.7. The second kappa shape index (κ2) is 6.87. The summed E-state index contributed by atoms with van der Waals surface area (Å²) >= 11 is 1.75. The number of benzene rings is 1. The van der Waals surface area contributed by atoms with Crippen molar-refractivity contribution in [2.75, 3.05) is 18.8 Å². The van der Waals surface area contributed by atoms with Crippen LogP contribution in [0, 0.1) is 5.92 Å². The number of para-hydroxylation sites is 1. The van der Waals surface area contributed by atoms with Crippen molar-refractivity contribution in [1.82, 2.24) is 9.29 Å². The average molecular weight is 353 g/mol. The van der Waals surface area contributed by atoms with Gasteiger partial charge in [0.1, 0.15) is 0 Å². The topological polar surface area (TPSA) is 50.3 Å². The van der Waals surface area contributed by atoms with Gasteiger partial charge in [-0.15, -0.1) is 11.3 Å². The van der Waals surface area contributed by atoms with E-state index in [1.165, 1.54) is 4.70 Å². The van der Waals surface area contributed by atoms with Crippen LogP contribution < -0.4 is 0 Å². The van der Waals surface area contributed by atoms with Crippen LogP contribution in [0.15, 0.2) is 24.3 Å². The number of piperidine rings is 1. The summed E-state index contributed by atoms with van der Waals surface area (Å²) in [5.41, 5.74) is 1.06. The molecule has 3 rings (SSSR count). The maximum atomic E-state index is 12.4. The van der Waals surface area contributed by atoms with Crippen molar-refractivity contribution in [3.63, 3.8) is 0 Å². The Balaban J connectivity index is 1.64. The first-order valence-corrected chi connectivity index (χ1v) is 10.7. The molecule has 2 heterocycles. The summed E-state index contributed by atoms with van der Waals surface area (Å²) in [6, 6.07) is 8.19. The van der Waals surface area contributed by atoms with Gasteiger partial charge in [-0.3, -0.25) is 0 Å². The molecule has 1 aromatic heterocycles. The zero-order valence-electron chi connectivity index (χ0n) is 13.7. The Morgan fingerprint density at radius 2 is 1.96 bits per heavy atom. The molecule has 4 nitrogen and oxygen atoms in total. The molecule has 1 aliphatic heterocycles. The first kappa shape index (κ1) is 16.9. The lowest BCUT2D eigenvalue weighted by Gasteiger charge is -2.30. The van der Waals surface area contributed by atoms with Crippen LogP contribution in [0.3, 0.4) is 0 Å². The van der Waals surface area contributed by atoms with Crippen LogP contribution in [0.2, 0.25) is 0 Å². The monoisotopic (exact) mass is 352 g/mol. The third kappa shape index (κ3) is 3.92. The Morgan fingerprint density at radius 1 is 1.26 bits per heavy atom. The van der Waals surface area contributed by atoms with E-state index in [0.717, 1.165) is 29.8 Å². The van der Waals surface area contributed by atoms with E-state index in [2.05, 4.69) is 19.9 Å². The van der Waals surface area contributed by atoms with Crippen molar-refractivity contribution in [2.45, 2.75) is 39.0 Å². The molecule has 23 heavy (non-hydrogen) atoms. The minimum absolute atomic E-state index is 0.274. The average Bonchev–Trinajstić information content (AvgIpc) is 2.97. The Labute approximate surface area is 142 Å². The van der Waals surface area contributed by atoms with Gasteiger partial charge in [-0.25, -0.2) is 17.7 Å². The van der Waals surface area contributed by atoms with E-state index in [-0.39, 0.29) is 5.75 Å². The predicted octanol–water partition coefficient (Wildman–Crippen LogP) is 3.85. The number of thiazole rings is 1. The normalized spacial score (nSPS) is 18.0. The number of hydrogen-bond acceptors (Lipinski definition) is 4. The van der Waals surface area contributed by atoms with Gasteiger partial charge in [0.25, 0.3) is 0 Å². The van der Waals surface area contributed by atoms with E-state index in [0.29, 0.717) is 24.9 Å². The summed E-state index contributed by atoms with van der Waals surface area (Å²) in [7, 11) is -3.09. The zero-order valence-corrected chi connectivity index (χ0v) is 15.4. The zero-order chi connectivity index (χ0) is 16.4. The quantitative estimate of drug-likeness (QED) is 0.821. The van der Waals surface area contributed by atoms with Crippen LogP contribution >= 0.6 is 11.3 Å². The molecule has 0 unspecified atom stereocenters. The molecular weight excluding hydrogens is 328 g/mol. The SMILES string of the molecule is CC(C)CCS(=O)(=O)N1CCC(c2nc3ccccc3s2)CC1. The van der Waals surface area contributed by atoms with Crippen molar-refractivity contribution in [1.29, 1.82) is 0 Å². The maximum Gasteiger partial charge on any atom is 0.214 e.